The monoisotopic (exact) mass is 634 g/mol. The number of allylic oxidation sites excluding steroid dienone is 2. The number of aliphatic hydroxyl groups is 1. The maximum Gasteiger partial charge on any atom is 0.410 e. The van der Waals surface area contributed by atoms with Crippen molar-refractivity contribution in [2.75, 3.05) is 46.9 Å². The van der Waals surface area contributed by atoms with E-state index in [0.717, 1.165) is 24.8 Å². The van der Waals surface area contributed by atoms with E-state index in [9.17, 15) is 19.5 Å². The molecule has 1 aromatic rings. The lowest BCUT2D eigenvalue weighted by Gasteiger charge is -2.43. The van der Waals surface area contributed by atoms with Gasteiger partial charge in [0.2, 0.25) is 5.91 Å². The van der Waals surface area contributed by atoms with Gasteiger partial charge in [-0.2, -0.15) is 0 Å². The average molecular weight is 635 g/mol. The molecule has 2 atom stereocenters. The number of benzene rings is 1. The molecule has 45 heavy (non-hydrogen) atoms. The number of unbranched alkanes of at least 4 members (excludes halogenated alkanes) is 2. The molecule has 1 aliphatic heterocycles. The molecule has 1 heterocycles. The Bertz CT molecular complexity index is 1120. The summed E-state index contributed by atoms with van der Waals surface area (Å²) in [4.78, 5) is 42.1. The summed E-state index contributed by atoms with van der Waals surface area (Å²) in [5, 5.41) is 14.2. The minimum atomic E-state index is -1.40. The SMILES string of the molecule is CCOC(=O)N1CCN(C(O)Oc2ccc(CNC(=O)CCCC/C=C/C(C)C)cc2OC)C(CN(C)C(=O)OC(C)(C)C)C1. The topological polar surface area (TPSA) is 130 Å². The van der Waals surface area contributed by atoms with Crippen molar-refractivity contribution in [3.63, 3.8) is 0 Å². The number of amides is 3. The zero-order chi connectivity index (χ0) is 33.6. The van der Waals surface area contributed by atoms with Crippen molar-refractivity contribution >= 4 is 18.1 Å². The van der Waals surface area contributed by atoms with Gasteiger partial charge in [-0.05, 0) is 70.6 Å². The molecule has 2 N–H and O–H groups in total. The number of carbonyl (C=O) groups excluding carboxylic acids is 3. The Hall–Kier alpha value is -3.51. The Labute approximate surface area is 268 Å². The number of likely N-dealkylation sites (N-methyl/N-ethyl adjacent to an activating group) is 1. The van der Waals surface area contributed by atoms with Gasteiger partial charge in [-0.1, -0.05) is 32.1 Å². The van der Waals surface area contributed by atoms with Gasteiger partial charge in [-0.15, -0.1) is 0 Å². The van der Waals surface area contributed by atoms with Gasteiger partial charge in [0.1, 0.15) is 5.60 Å². The molecule has 1 aliphatic rings. The second-order valence-electron chi connectivity index (χ2n) is 12.5. The number of rotatable bonds is 15. The summed E-state index contributed by atoms with van der Waals surface area (Å²) in [5.74, 6) is 1.22. The molecule has 0 spiro atoms. The van der Waals surface area contributed by atoms with Crippen molar-refractivity contribution in [1.29, 1.82) is 0 Å². The van der Waals surface area contributed by atoms with Crippen LogP contribution >= 0.6 is 0 Å². The molecule has 1 saturated heterocycles. The summed E-state index contributed by atoms with van der Waals surface area (Å²) >= 11 is 0. The van der Waals surface area contributed by atoms with Crippen LogP contribution in [0.3, 0.4) is 0 Å². The van der Waals surface area contributed by atoms with E-state index in [1.165, 1.54) is 12.0 Å². The van der Waals surface area contributed by atoms with E-state index >= 15 is 0 Å². The van der Waals surface area contributed by atoms with Crippen molar-refractivity contribution in [2.24, 2.45) is 5.92 Å². The smallest absolute Gasteiger partial charge is 0.410 e. The summed E-state index contributed by atoms with van der Waals surface area (Å²) in [6.45, 7) is 12.9. The standard InChI is InChI=1S/C33H54N4O8/c1-9-43-31(40)36-18-19-37(26(23-36)22-35(7)30(39)45-33(4,5)6)32(41)44-27-17-16-25(20-28(27)42-8)21-34-29(38)15-13-11-10-12-14-24(2)3/h12,14,16-17,20,24,26,32,41H,9-11,13,15,18-19,21-23H2,1-8H3,(H,34,38)/b14-12+. The number of carbonyl (C=O) groups is 3. The molecule has 0 aromatic heterocycles. The second kappa shape index (κ2) is 18.5. The molecule has 2 rings (SSSR count). The number of ether oxygens (including phenoxy) is 4. The second-order valence-corrected chi connectivity index (χ2v) is 12.5. The molecule has 1 aromatic carbocycles. The number of nitrogens with one attached hydrogen (secondary N) is 1. The van der Waals surface area contributed by atoms with Crippen LogP contribution in [0.15, 0.2) is 30.4 Å². The number of piperazine rings is 1. The lowest BCUT2D eigenvalue weighted by molar-refractivity contribution is -0.167. The predicted octanol–water partition coefficient (Wildman–Crippen LogP) is 4.75. The van der Waals surface area contributed by atoms with Gasteiger partial charge < -0.3 is 39.2 Å². The molecule has 12 nitrogen and oxygen atoms in total. The van der Waals surface area contributed by atoms with Crippen LogP contribution < -0.4 is 14.8 Å². The molecule has 0 aliphatic carbocycles. The molecule has 3 amide bonds. The van der Waals surface area contributed by atoms with Crippen LogP contribution in [-0.4, -0.2) is 103 Å². The highest BCUT2D eigenvalue weighted by Gasteiger charge is 2.37. The van der Waals surface area contributed by atoms with E-state index in [2.05, 4.69) is 31.3 Å². The van der Waals surface area contributed by atoms with Crippen LogP contribution in [0, 0.1) is 5.92 Å². The van der Waals surface area contributed by atoms with Crippen LogP contribution in [0.2, 0.25) is 0 Å². The van der Waals surface area contributed by atoms with Crippen molar-refractivity contribution in [1.82, 2.24) is 20.0 Å². The van der Waals surface area contributed by atoms with Crippen LogP contribution in [0.5, 0.6) is 11.5 Å². The maximum atomic E-state index is 12.7. The summed E-state index contributed by atoms with van der Waals surface area (Å²) in [5.41, 5.74) is 0.148. The Morgan fingerprint density at radius 1 is 1.16 bits per heavy atom. The first-order chi connectivity index (χ1) is 21.2. The zero-order valence-corrected chi connectivity index (χ0v) is 28.3. The maximum absolute atomic E-state index is 12.7. The van der Waals surface area contributed by atoms with Crippen LogP contribution in [0.25, 0.3) is 0 Å². The van der Waals surface area contributed by atoms with Gasteiger partial charge in [0.25, 0.3) is 6.41 Å². The zero-order valence-electron chi connectivity index (χ0n) is 28.3. The highest BCUT2D eigenvalue weighted by Crippen LogP contribution is 2.30. The van der Waals surface area contributed by atoms with Crippen molar-refractivity contribution in [2.45, 2.75) is 91.8 Å². The third kappa shape index (κ3) is 13.6. The molecule has 254 valence electrons. The van der Waals surface area contributed by atoms with Gasteiger partial charge in [-0.25, -0.2) is 14.5 Å². The van der Waals surface area contributed by atoms with Crippen LogP contribution in [0.4, 0.5) is 9.59 Å². The van der Waals surface area contributed by atoms with Gasteiger partial charge in [0.15, 0.2) is 11.5 Å². The predicted molar refractivity (Wildman–Crippen MR) is 172 cm³/mol. The molecule has 1 fully saturated rings. The largest absolute Gasteiger partial charge is 0.493 e. The molecular formula is C33H54N4O8. The molecule has 0 saturated carbocycles. The van der Waals surface area contributed by atoms with Gasteiger partial charge >= 0.3 is 12.2 Å². The van der Waals surface area contributed by atoms with Crippen molar-refractivity contribution in [3.05, 3.63) is 35.9 Å². The van der Waals surface area contributed by atoms with Crippen LogP contribution in [0.1, 0.15) is 72.8 Å². The van der Waals surface area contributed by atoms with Crippen molar-refractivity contribution in [3.8, 4) is 11.5 Å². The van der Waals surface area contributed by atoms with E-state index in [0.29, 0.717) is 36.9 Å². The van der Waals surface area contributed by atoms with E-state index in [1.807, 2.05) is 0 Å². The first-order valence-corrected chi connectivity index (χ1v) is 15.8. The quantitative estimate of drug-likeness (QED) is 0.160. The van der Waals surface area contributed by atoms with Gasteiger partial charge in [0.05, 0.1) is 19.8 Å². The Morgan fingerprint density at radius 2 is 1.89 bits per heavy atom. The fraction of sp³-hybridized carbons (Fsp3) is 0.667. The average Bonchev–Trinajstić information content (AvgIpc) is 2.97. The third-order valence-electron chi connectivity index (χ3n) is 7.02. The van der Waals surface area contributed by atoms with E-state index in [1.54, 1.807) is 62.7 Å². The lowest BCUT2D eigenvalue weighted by atomic mass is 10.1. The first-order valence-electron chi connectivity index (χ1n) is 15.8. The highest BCUT2D eigenvalue weighted by molar-refractivity contribution is 5.75. The number of hydrogen-bond acceptors (Lipinski definition) is 9. The summed E-state index contributed by atoms with van der Waals surface area (Å²) in [7, 11) is 3.11. The number of aliphatic hydroxyl groups excluding tert-OH is 1. The van der Waals surface area contributed by atoms with Crippen molar-refractivity contribution < 1.29 is 38.4 Å². The highest BCUT2D eigenvalue weighted by atomic mass is 16.6. The Morgan fingerprint density at radius 3 is 2.53 bits per heavy atom. The van der Waals surface area contributed by atoms with Gasteiger partial charge in [-0.3, -0.25) is 4.79 Å². The number of hydrogen-bond donors (Lipinski definition) is 2. The normalized spacial score (nSPS) is 16.4. The summed E-state index contributed by atoms with van der Waals surface area (Å²) < 4.78 is 22.1. The summed E-state index contributed by atoms with van der Waals surface area (Å²) in [6, 6.07) is 4.75. The molecule has 2 unspecified atom stereocenters. The molecule has 12 heteroatoms. The number of nitrogens with zero attached hydrogens (tertiary/aromatic N) is 3. The fourth-order valence-corrected chi connectivity index (χ4v) is 4.74. The molecular weight excluding hydrogens is 580 g/mol. The minimum absolute atomic E-state index is 0.0121. The lowest BCUT2D eigenvalue weighted by Crippen LogP contribution is -2.62. The van der Waals surface area contributed by atoms with Gasteiger partial charge in [0, 0.05) is 46.2 Å². The molecule has 0 bridgehead atoms. The minimum Gasteiger partial charge on any atom is -0.493 e. The van der Waals surface area contributed by atoms with E-state index in [-0.39, 0.29) is 32.1 Å². The molecule has 0 radical (unpaired) electrons. The number of methoxy groups -OCH3 is 1. The van der Waals surface area contributed by atoms with E-state index < -0.39 is 30.2 Å². The third-order valence-corrected chi connectivity index (χ3v) is 7.02. The first kappa shape index (κ1) is 37.7. The summed E-state index contributed by atoms with van der Waals surface area (Å²) in [6.07, 6.45) is 5.19. The Balaban J connectivity index is 2.04. The van der Waals surface area contributed by atoms with Crippen LogP contribution in [-0.2, 0) is 20.8 Å². The van der Waals surface area contributed by atoms with E-state index in [4.69, 9.17) is 18.9 Å². The fourth-order valence-electron chi connectivity index (χ4n) is 4.74. The Kier molecular flexibility index (Phi) is 15.5.